The maximum atomic E-state index is 13.7. The number of hydrogen-bond acceptors (Lipinski definition) is 4. The zero-order valence-electron chi connectivity index (χ0n) is 11.7. The predicted octanol–water partition coefficient (Wildman–Crippen LogP) is 2.61. The van der Waals surface area contributed by atoms with Crippen molar-refractivity contribution in [2.24, 2.45) is 5.92 Å². The van der Waals surface area contributed by atoms with Gasteiger partial charge < -0.3 is 9.64 Å². The van der Waals surface area contributed by atoms with Gasteiger partial charge in [-0.05, 0) is 5.92 Å². The summed E-state index contributed by atoms with van der Waals surface area (Å²) in [5.41, 5.74) is 0.172. The molecule has 1 unspecified atom stereocenters. The zero-order valence-corrected chi connectivity index (χ0v) is 12.5. The Morgan fingerprint density at radius 3 is 2.57 bits per heavy atom. The van der Waals surface area contributed by atoms with Crippen molar-refractivity contribution in [3.05, 3.63) is 23.8 Å². The van der Waals surface area contributed by atoms with Gasteiger partial charge in [-0.15, -0.1) is 0 Å². The molecule has 0 N–H and O–H groups in total. The largest absolute Gasteiger partial charge is 0.491 e. The Labute approximate surface area is 125 Å². The highest BCUT2D eigenvalue weighted by molar-refractivity contribution is 8.13. The van der Waals surface area contributed by atoms with E-state index in [1.165, 1.54) is 18.9 Å². The number of amides is 1. The molecule has 7 heteroatoms. The van der Waals surface area contributed by atoms with Crippen LogP contribution in [0.25, 0.3) is 0 Å². The summed E-state index contributed by atoms with van der Waals surface area (Å²) >= 11 is 1.15. The van der Waals surface area contributed by atoms with Crippen molar-refractivity contribution in [1.29, 1.82) is 0 Å². The highest BCUT2D eigenvalue weighted by Gasteiger charge is 2.31. The van der Waals surface area contributed by atoms with Crippen LogP contribution in [0, 0.1) is 17.6 Å². The second-order valence-corrected chi connectivity index (χ2v) is 6.02. The molecule has 0 saturated carbocycles. The fourth-order valence-corrected chi connectivity index (χ4v) is 2.97. The minimum Gasteiger partial charge on any atom is -0.491 e. The molecule has 1 aliphatic rings. The SMILES string of the molecule is COc1c(F)cc(N2CC(CSC(C)=O)CC2=O)cc1F. The van der Waals surface area contributed by atoms with E-state index in [1.54, 1.807) is 0 Å². The van der Waals surface area contributed by atoms with Gasteiger partial charge in [-0.2, -0.15) is 0 Å². The third-order valence-corrected chi connectivity index (χ3v) is 4.27. The summed E-state index contributed by atoms with van der Waals surface area (Å²) in [6.07, 6.45) is 0.273. The van der Waals surface area contributed by atoms with Crippen molar-refractivity contribution >= 4 is 28.5 Å². The third kappa shape index (κ3) is 3.53. The first-order chi connectivity index (χ1) is 9.92. The molecular formula is C14H15F2NO3S. The summed E-state index contributed by atoms with van der Waals surface area (Å²) in [5, 5.41) is -0.0116. The molecule has 0 spiro atoms. The Morgan fingerprint density at radius 2 is 2.05 bits per heavy atom. The fourth-order valence-electron chi connectivity index (χ4n) is 2.28. The van der Waals surface area contributed by atoms with E-state index >= 15 is 0 Å². The van der Waals surface area contributed by atoms with Crippen LogP contribution in [0.2, 0.25) is 0 Å². The Kier molecular flexibility index (Phi) is 4.82. The number of methoxy groups -OCH3 is 1. The summed E-state index contributed by atoms with van der Waals surface area (Å²) < 4.78 is 32.0. The smallest absolute Gasteiger partial charge is 0.227 e. The molecule has 0 aromatic heterocycles. The van der Waals surface area contributed by atoms with E-state index in [9.17, 15) is 18.4 Å². The number of thioether (sulfide) groups is 1. The van der Waals surface area contributed by atoms with Gasteiger partial charge in [0.25, 0.3) is 0 Å². The molecule has 1 atom stereocenters. The van der Waals surface area contributed by atoms with Gasteiger partial charge in [0.2, 0.25) is 5.91 Å². The summed E-state index contributed by atoms with van der Waals surface area (Å²) in [5.74, 6) is -1.83. The monoisotopic (exact) mass is 315 g/mol. The van der Waals surface area contributed by atoms with E-state index < -0.39 is 17.4 Å². The van der Waals surface area contributed by atoms with Crippen molar-refractivity contribution in [3.63, 3.8) is 0 Å². The Hall–Kier alpha value is -1.63. The zero-order chi connectivity index (χ0) is 15.6. The van der Waals surface area contributed by atoms with E-state index in [-0.39, 0.29) is 29.0 Å². The van der Waals surface area contributed by atoms with Gasteiger partial charge in [-0.1, -0.05) is 11.8 Å². The van der Waals surface area contributed by atoms with Crippen LogP contribution in [-0.4, -0.2) is 30.4 Å². The Bertz CT molecular complexity index is 556. The van der Waals surface area contributed by atoms with Crippen molar-refractivity contribution in [2.45, 2.75) is 13.3 Å². The number of carbonyl (C=O) groups excluding carboxylic acids is 2. The van der Waals surface area contributed by atoms with Gasteiger partial charge in [0.15, 0.2) is 22.5 Å². The van der Waals surface area contributed by atoms with Crippen LogP contribution in [0.4, 0.5) is 14.5 Å². The van der Waals surface area contributed by atoms with E-state index in [0.29, 0.717) is 12.3 Å². The Morgan fingerprint density at radius 1 is 1.43 bits per heavy atom. The first kappa shape index (κ1) is 15.8. The molecule has 21 heavy (non-hydrogen) atoms. The molecule has 4 nitrogen and oxygen atoms in total. The highest BCUT2D eigenvalue weighted by atomic mass is 32.2. The van der Waals surface area contributed by atoms with E-state index in [4.69, 9.17) is 0 Å². The lowest BCUT2D eigenvalue weighted by molar-refractivity contribution is -0.117. The molecule has 2 rings (SSSR count). The number of carbonyl (C=O) groups is 2. The first-order valence-electron chi connectivity index (χ1n) is 6.39. The van der Waals surface area contributed by atoms with Crippen LogP contribution in [0.1, 0.15) is 13.3 Å². The van der Waals surface area contributed by atoms with Crippen LogP contribution in [0.15, 0.2) is 12.1 Å². The third-order valence-electron chi connectivity index (χ3n) is 3.23. The van der Waals surface area contributed by atoms with Gasteiger partial charge >= 0.3 is 0 Å². The molecular weight excluding hydrogens is 300 g/mol. The number of anilines is 1. The standard InChI is InChI=1S/C14H15F2NO3S/c1-8(18)21-7-9-3-13(19)17(6-9)10-4-11(15)14(20-2)12(16)5-10/h4-5,9H,3,6-7H2,1-2H3. The maximum absolute atomic E-state index is 13.7. The Balaban J connectivity index is 2.15. The number of benzene rings is 1. The van der Waals surface area contributed by atoms with Gasteiger partial charge in [-0.25, -0.2) is 8.78 Å². The molecule has 114 valence electrons. The number of hydrogen-bond donors (Lipinski definition) is 0. The summed E-state index contributed by atoms with van der Waals surface area (Å²) in [4.78, 5) is 24.3. The molecule has 1 heterocycles. The van der Waals surface area contributed by atoms with Gasteiger partial charge in [-0.3, -0.25) is 9.59 Å². The maximum Gasteiger partial charge on any atom is 0.227 e. The average Bonchev–Trinajstić information content (AvgIpc) is 2.77. The van der Waals surface area contributed by atoms with Crippen LogP contribution in [0.3, 0.4) is 0 Å². The van der Waals surface area contributed by atoms with Gasteiger partial charge in [0.1, 0.15) is 0 Å². The van der Waals surface area contributed by atoms with Crippen LogP contribution in [-0.2, 0) is 9.59 Å². The number of nitrogens with zero attached hydrogens (tertiary/aromatic N) is 1. The van der Waals surface area contributed by atoms with Gasteiger partial charge in [0, 0.05) is 43.5 Å². The van der Waals surface area contributed by atoms with Crippen molar-refractivity contribution < 1.29 is 23.1 Å². The quantitative estimate of drug-likeness (QED) is 0.857. The average molecular weight is 315 g/mol. The van der Waals surface area contributed by atoms with Crippen molar-refractivity contribution in [3.8, 4) is 5.75 Å². The summed E-state index contributed by atoms with van der Waals surface area (Å²) in [7, 11) is 1.18. The van der Waals surface area contributed by atoms with Crippen molar-refractivity contribution in [1.82, 2.24) is 0 Å². The van der Waals surface area contributed by atoms with Crippen LogP contribution >= 0.6 is 11.8 Å². The lowest BCUT2D eigenvalue weighted by Gasteiger charge is -2.18. The second kappa shape index (κ2) is 6.43. The minimum absolute atomic E-state index is 0.000348. The summed E-state index contributed by atoms with van der Waals surface area (Å²) in [6.45, 7) is 1.82. The lowest BCUT2D eigenvalue weighted by atomic mass is 10.1. The second-order valence-electron chi connectivity index (χ2n) is 4.82. The van der Waals surface area contributed by atoms with E-state index in [0.717, 1.165) is 23.9 Å². The topological polar surface area (TPSA) is 46.6 Å². The molecule has 0 radical (unpaired) electrons. The molecule has 1 aliphatic heterocycles. The van der Waals surface area contributed by atoms with E-state index in [2.05, 4.69) is 4.74 Å². The highest BCUT2D eigenvalue weighted by Crippen LogP contribution is 2.32. The van der Waals surface area contributed by atoms with Crippen LogP contribution in [0.5, 0.6) is 5.75 Å². The molecule has 1 saturated heterocycles. The summed E-state index contributed by atoms with van der Waals surface area (Å²) in [6, 6.07) is 2.17. The predicted molar refractivity (Wildman–Crippen MR) is 76.5 cm³/mol. The number of halogens is 2. The molecule has 0 aliphatic carbocycles. The van der Waals surface area contributed by atoms with E-state index in [1.807, 2.05) is 0 Å². The number of ether oxygens (including phenoxy) is 1. The number of rotatable bonds is 4. The molecule has 0 bridgehead atoms. The minimum atomic E-state index is -0.845. The first-order valence-corrected chi connectivity index (χ1v) is 7.37. The molecule has 1 amide bonds. The molecule has 1 aromatic carbocycles. The molecule has 1 fully saturated rings. The molecule has 1 aromatic rings. The van der Waals surface area contributed by atoms with Crippen LogP contribution < -0.4 is 9.64 Å². The lowest BCUT2D eigenvalue weighted by Crippen LogP contribution is -2.25. The fraction of sp³-hybridized carbons (Fsp3) is 0.429. The van der Waals surface area contributed by atoms with Gasteiger partial charge in [0.05, 0.1) is 7.11 Å². The van der Waals surface area contributed by atoms with Crippen molar-refractivity contribution in [2.75, 3.05) is 24.3 Å². The normalized spacial score (nSPS) is 18.2.